The third kappa shape index (κ3) is 5.57. The summed E-state index contributed by atoms with van der Waals surface area (Å²) in [5.41, 5.74) is 2.85. The van der Waals surface area contributed by atoms with Crippen LogP contribution < -0.4 is 10.6 Å². The number of hydrogen-bond donors (Lipinski definition) is 2. The molecule has 1 aromatic heterocycles. The topological polar surface area (TPSA) is 63.5 Å². The largest absolute Gasteiger partial charge is 0.385 e. The van der Waals surface area contributed by atoms with E-state index in [1.54, 1.807) is 7.11 Å². The molecule has 1 aliphatic carbocycles. The molecule has 1 saturated carbocycles. The molecule has 0 spiro atoms. The van der Waals surface area contributed by atoms with E-state index in [1.807, 2.05) is 30.2 Å². The minimum Gasteiger partial charge on any atom is -0.385 e. The normalized spacial score (nSPS) is 16.0. The highest BCUT2D eigenvalue weighted by Crippen LogP contribution is 2.43. The van der Waals surface area contributed by atoms with Crippen LogP contribution in [-0.2, 0) is 17.8 Å². The Bertz CT molecular complexity index is 722. The van der Waals surface area contributed by atoms with E-state index in [0.717, 1.165) is 38.6 Å². The summed E-state index contributed by atoms with van der Waals surface area (Å²) >= 11 is 0. The van der Waals surface area contributed by atoms with Crippen molar-refractivity contribution in [1.82, 2.24) is 20.4 Å². The Balaban J connectivity index is 1.49. The first-order valence-electron chi connectivity index (χ1n) is 9.72. The van der Waals surface area contributed by atoms with Crippen LogP contribution in [-0.4, -0.2) is 43.0 Å². The van der Waals surface area contributed by atoms with Gasteiger partial charge in [-0.3, -0.25) is 9.67 Å². The van der Waals surface area contributed by atoms with Crippen molar-refractivity contribution in [2.24, 2.45) is 10.4 Å². The van der Waals surface area contributed by atoms with Crippen molar-refractivity contribution in [2.45, 2.75) is 38.8 Å². The molecule has 0 unspecified atom stereocenters. The fourth-order valence-corrected chi connectivity index (χ4v) is 3.61. The quantitative estimate of drug-likeness (QED) is 0.527. The summed E-state index contributed by atoms with van der Waals surface area (Å²) in [5.74, 6) is 0.858. The van der Waals surface area contributed by atoms with Gasteiger partial charge in [0.2, 0.25) is 0 Å². The Labute approximate surface area is 162 Å². The molecule has 0 saturated heterocycles. The van der Waals surface area contributed by atoms with Crippen molar-refractivity contribution in [3.63, 3.8) is 0 Å². The molecule has 6 nitrogen and oxygen atoms in total. The highest BCUT2D eigenvalue weighted by atomic mass is 16.5. The highest BCUT2D eigenvalue weighted by Gasteiger charge is 2.36. The lowest BCUT2D eigenvalue weighted by atomic mass is 9.67. The Morgan fingerprint density at radius 2 is 2.11 bits per heavy atom. The molecule has 0 radical (unpaired) electrons. The van der Waals surface area contributed by atoms with Crippen molar-refractivity contribution in [3.8, 4) is 0 Å². The lowest BCUT2D eigenvalue weighted by Crippen LogP contribution is -2.46. The fraction of sp³-hybridized carbons (Fsp3) is 0.524. The second-order valence-corrected chi connectivity index (χ2v) is 7.40. The molecule has 2 aromatic rings. The number of hydrogen-bond acceptors (Lipinski definition) is 3. The maximum absolute atomic E-state index is 5.28. The molecule has 0 atom stereocenters. The molecule has 0 aliphatic heterocycles. The van der Waals surface area contributed by atoms with E-state index in [4.69, 9.17) is 4.74 Å². The number of aliphatic imine (C=N–C) groups is 1. The van der Waals surface area contributed by atoms with E-state index in [1.165, 1.54) is 30.4 Å². The van der Waals surface area contributed by atoms with E-state index < -0.39 is 0 Å². The minimum atomic E-state index is 0.372. The van der Waals surface area contributed by atoms with Gasteiger partial charge in [0.15, 0.2) is 5.96 Å². The standard InChI is InChI=1S/C21H31N5O/c1-22-20(24-17-21(8-4-9-21)10-13-27-2)23-15-18-6-3-7-19(14-18)16-26-12-5-11-25-26/h3,5-7,11-12,14H,4,8-10,13,15-17H2,1-2H3,(H2,22,23,24). The SMILES string of the molecule is CN=C(NCc1cccc(Cn2cccn2)c1)NCC1(CCOC)CCC1. The Morgan fingerprint density at radius 3 is 2.78 bits per heavy atom. The van der Waals surface area contributed by atoms with Gasteiger partial charge in [0.05, 0.1) is 6.54 Å². The number of aromatic nitrogens is 2. The Kier molecular flexibility index (Phi) is 6.87. The second-order valence-electron chi connectivity index (χ2n) is 7.40. The highest BCUT2D eigenvalue weighted by molar-refractivity contribution is 5.79. The fourth-order valence-electron chi connectivity index (χ4n) is 3.61. The van der Waals surface area contributed by atoms with Crippen molar-refractivity contribution >= 4 is 5.96 Å². The number of nitrogens with zero attached hydrogens (tertiary/aromatic N) is 3. The molecule has 3 rings (SSSR count). The molecular formula is C21H31N5O. The first-order valence-corrected chi connectivity index (χ1v) is 9.72. The molecule has 1 aromatic carbocycles. The smallest absolute Gasteiger partial charge is 0.191 e. The van der Waals surface area contributed by atoms with Crippen LogP contribution in [0.1, 0.15) is 36.8 Å². The molecule has 2 N–H and O–H groups in total. The van der Waals surface area contributed by atoms with Gasteiger partial charge in [-0.15, -0.1) is 0 Å². The molecule has 1 aliphatic rings. The molecule has 1 fully saturated rings. The first-order chi connectivity index (χ1) is 13.2. The van der Waals surface area contributed by atoms with E-state index in [0.29, 0.717) is 5.41 Å². The van der Waals surface area contributed by atoms with Crippen LogP contribution in [0.4, 0.5) is 0 Å². The van der Waals surface area contributed by atoms with Crippen LogP contribution in [0.2, 0.25) is 0 Å². The van der Waals surface area contributed by atoms with Gasteiger partial charge >= 0.3 is 0 Å². The van der Waals surface area contributed by atoms with Gasteiger partial charge < -0.3 is 15.4 Å². The summed E-state index contributed by atoms with van der Waals surface area (Å²) < 4.78 is 7.22. The van der Waals surface area contributed by atoms with Gasteiger partial charge in [-0.1, -0.05) is 30.7 Å². The van der Waals surface area contributed by atoms with Gasteiger partial charge in [-0.2, -0.15) is 5.10 Å². The molecule has 27 heavy (non-hydrogen) atoms. The maximum Gasteiger partial charge on any atom is 0.191 e. The molecule has 6 heteroatoms. The Hall–Kier alpha value is -2.34. The summed E-state index contributed by atoms with van der Waals surface area (Å²) in [6, 6.07) is 10.5. The van der Waals surface area contributed by atoms with Gasteiger partial charge in [-0.05, 0) is 41.9 Å². The first kappa shape index (κ1) is 19.4. The predicted octanol–water partition coefficient (Wildman–Crippen LogP) is 2.80. The van der Waals surface area contributed by atoms with Crippen LogP contribution >= 0.6 is 0 Å². The van der Waals surface area contributed by atoms with Crippen LogP contribution in [0, 0.1) is 5.41 Å². The van der Waals surface area contributed by atoms with Gasteiger partial charge in [0.1, 0.15) is 0 Å². The zero-order valence-electron chi connectivity index (χ0n) is 16.4. The average Bonchev–Trinajstić information content (AvgIpc) is 3.16. The molecule has 1 heterocycles. The number of methoxy groups -OCH3 is 1. The zero-order valence-corrected chi connectivity index (χ0v) is 16.4. The molecular weight excluding hydrogens is 338 g/mol. The maximum atomic E-state index is 5.28. The third-order valence-electron chi connectivity index (χ3n) is 5.46. The summed E-state index contributed by atoms with van der Waals surface area (Å²) in [6.45, 7) is 3.32. The van der Waals surface area contributed by atoms with Gasteiger partial charge in [-0.25, -0.2) is 0 Å². The zero-order chi connectivity index (χ0) is 19.0. The van der Waals surface area contributed by atoms with Crippen molar-refractivity contribution in [3.05, 3.63) is 53.9 Å². The molecule has 0 amide bonds. The summed E-state index contributed by atoms with van der Waals surface area (Å²) in [6.07, 6.45) is 8.77. The lowest BCUT2D eigenvalue weighted by Gasteiger charge is -2.42. The second kappa shape index (κ2) is 9.55. The van der Waals surface area contributed by atoms with E-state index in [2.05, 4.69) is 45.0 Å². The van der Waals surface area contributed by atoms with Crippen LogP contribution in [0.15, 0.2) is 47.7 Å². The van der Waals surface area contributed by atoms with Gasteiger partial charge in [0.25, 0.3) is 0 Å². The predicted molar refractivity (Wildman–Crippen MR) is 109 cm³/mol. The minimum absolute atomic E-state index is 0.372. The number of nitrogens with one attached hydrogen (secondary N) is 2. The van der Waals surface area contributed by atoms with E-state index in [-0.39, 0.29) is 0 Å². The average molecular weight is 370 g/mol. The summed E-state index contributed by atoms with van der Waals surface area (Å²) in [5, 5.41) is 11.2. The van der Waals surface area contributed by atoms with Crippen molar-refractivity contribution in [1.29, 1.82) is 0 Å². The number of guanidine groups is 1. The van der Waals surface area contributed by atoms with Gasteiger partial charge in [0, 0.05) is 46.2 Å². The summed E-state index contributed by atoms with van der Waals surface area (Å²) in [7, 11) is 3.60. The van der Waals surface area contributed by atoms with Crippen LogP contribution in [0.3, 0.4) is 0 Å². The van der Waals surface area contributed by atoms with Crippen LogP contribution in [0.25, 0.3) is 0 Å². The number of ether oxygens (including phenoxy) is 1. The van der Waals surface area contributed by atoms with Crippen molar-refractivity contribution in [2.75, 3.05) is 27.3 Å². The summed E-state index contributed by atoms with van der Waals surface area (Å²) in [4.78, 5) is 4.38. The van der Waals surface area contributed by atoms with Crippen molar-refractivity contribution < 1.29 is 4.74 Å². The number of rotatable bonds is 9. The molecule has 0 bridgehead atoms. The lowest BCUT2D eigenvalue weighted by molar-refractivity contribution is 0.0732. The van der Waals surface area contributed by atoms with E-state index in [9.17, 15) is 0 Å². The Morgan fingerprint density at radius 1 is 1.26 bits per heavy atom. The monoisotopic (exact) mass is 369 g/mol. The van der Waals surface area contributed by atoms with E-state index >= 15 is 0 Å². The molecule has 146 valence electrons. The van der Waals surface area contributed by atoms with Crippen LogP contribution in [0.5, 0.6) is 0 Å². The number of benzene rings is 1. The third-order valence-corrected chi connectivity index (χ3v) is 5.46.